The molecule has 0 aliphatic heterocycles. The number of hydrogen-bond acceptors (Lipinski definition) is 2. The second-order valence-electron chi connectivity index (χ2n) is 4.79. The van der Waals surface area contributed by atoms with Crippen LogP contribution >= 0.6 is 0 Å². The summed E-state index contributed by atoms with van der Waals surface area (Å²) in [5, 5.41) is 2.74. The maximum atomic E-state index is 11.7. The first-order valence-electron chi connectivity index (χ1n) is 6.26. The smallest absolute Gasteiger partial charge is 0.411 e. The van der Waals surface area contributed by atoms with Crippen LogP contribution in [-0.4, -0.2) is 12.2 Å². The lowest BCUT2D eigenvalue weighted by Gasteiger charge is -2.26. The average molecular weight is 233 g/mol. The second-order valence-corrected chi connectivity index (χ2v) is 4.79. The van der Waals surface area contributed by atoms with Crippen molar-refractivity contribution in [3.63, 3.8) is 0 Å². The number of nitrogens with one attached hydrogen (secondary N) is 1. The summed E-state index contributed by atoms with van der Waals surface area (Å²) in [6.07, 6.45) is 4.14. The van der Waals surface area contributed by atoms with Crippen LogP contribution in [0.3, 0.4) is 0 Å². The van der Waals surface area contributed by atoms with Crippen LogP contribution in [-0.2, 0) is 4.74 Å². The predicted molar refractivity (Wildman–Crippen MR) is 68.0 cm³/mol. The Labute approximate surface area is 102 Å². The fourth-order valence-corrected chi connectivity index (χ4v) is 2.31. The summed E-state index contributed by atoms with van der Waals surface area (Å²) in [6.45, 7) is 2.21. The summed E-state index contributed by atoms with van der Waals surface area (Å²) in [7, 11) is 0. The Morgan fingerprint density at radius 1 is 1.29 bits per heavy atom. The standard InChI is InChI=1S/C14H19NO2/c1-11-6-5-9-13(10-11)17-14(16)15-12-7-3-2-4-8-12/h2-4,7-8,11,13H,5-6,9-10H2,1H3,(H,15,16)/t11-,13+/m0/s1. The highest BCUT2D eigenvalue weighted by Gasteiger charge is 2.22. The van der Waals surface area contributed by atoms with Crippen LogP contribution in [0.4, 0.5) is 10.5 Å². The van der Waals surface area contributed by atoms with E-state index in [1.807, 2.05) is 30.3 Å². The van der Waals surface area contributed by atoms with Crippen LogP contribution in [0.1, 0.15) is 32.6 Å². The largest absolute Gasteiger partial charge is 0.446 e. The number of anilines is 1. The van der Waals surface area contributed by atoms with Gasteiger partial charge in [-0.2, -0.15) is 0 Å². The number of carbonyl (C=O) groups excluding carboxylic acids is 1. The third-order valence-corrected chi connectivity index (χ3v) is 3.18. The molecule has 3 nitrogen and oxygen atoms in total. The van der Waals surface area contributed by atoms with Crippen LogP contribution in [0.25, 0.3) is 0 Å². The maximum absolute atomic E-state index is 11.7. The lowest BCUT2D eigenvalue weighted by Crippen LogP contribution is -2.27. The van der Waals surface area contributed by atoms with Crippen molar-refractivity contribution in [2.75, 3.05) is 5.32 Å². The molecule has 1 aliphatic carbocycles. The summed E-state index contributed by atoms with van der Waals surface area (Å²) in [5.41, 5.74) is 0.779. The number of amides is 1. The topological polar surface area (TPSA) is 38.3 Å². The summed E-state index contributed by atoms with van der Waals surface area (Å²) >= 11 is 0. The molecule has 1 aromatic carbocycles. The van der Waals surface area contributed by atoms with Crippen molar-refractivity contribution in [1.82, 2.24) is 0 Å². The third-order valence-electron chi connectivity index (χ3n) is 3.18. The summed E-state index contributed by atoms with van der Waals surface area (Å²) < 4.78 is 5.42. The first-order valence-corrected chi connectivity index (χ1v) is 6.26. The van der Waals surface area contributed by atoms with Crippen LogP contribution in [0.2, 0.25) is 0 Å². The fraction of sp³-hybridized carbons (Fsp3) is 0.500. The van der Waals surface area contributed by atoms with Crippen molar-refractivity contribution in [2.24, 2.45) is 5.92 Å². The van der Waals surface area contributed by atoms with Crippen LogP contribution < -0.4 is 5.32 Å². The van der Waals surface area contributed by atoms with Gasteiger partial charge in [0.05, 0.1) is 0 Å². The molecule has 1 aliphatic rings. The summed E-state index contributed by atoms with van der Waals surface area (Å²) in [4.78, 5) is 11.7. The van der Waals surface area contributed by atoms with Gasteiger partial charge >= 0.3 is 6.09 Å². The van der Waals surface area contributed by atoms with Crippen LogP contribution in [0, 0.1) is 5.92 Å². The number of benzene rings is 1. The van der Waals surface area contributed by atoms with Crippen molar-refractivity contribution < 1.29 is 9.53 Å². The van der Waals surface area contributed by atoms with E-state index in [2.05, 4.69) is 12.2 Å². The molecule has 1 N–H and O–H groups in total. The van der Waals surface area contributed by atoms with E-state index in [9.17, 15) is 4.79 Å². The normalized spacial score (nSPS) is 24.1. The van der Waals surface area contributed by atoms with Crippen molar-refractivity contribution in [2.45, 2.75) is 38.7 Å². The van der Waals surface area contributed by atoms with E-state index in [4.69, 9.17) is 4.74 Å². The summed E-state index contributed by atoms with van der Waals surface area (Å²) in [6, 6.07) is 9.39. The van der Waals surface area contributed by atoms with Gasteiger partial charge in [0.15, 0.2) is 0 Å². The maximum Gasteiger partial charge on any atom is 0.411 e. The van der Waals surface area contributed by atoms with Crippen molar-refractivity contribution in [3.05, 3.63) is 30.3 Å². The zero-order valence-corrected chi connectivity index (χ0v) is 10.2. The number of hydrogen-bond donors (Lipinski definition) is 1. The van der Waals surface area contributed by atoms with E-state index in [-0.39, 0.29) is 12.2 Å². The molecular weight excluding hydrogens is 214 g/mol. The predicted octanol–water partition coefficient (Wildman–Crippen LogP) is 3.81. The Morgan fingerprint density at radius 3 is 2.76 bits per heavy atom. The Hall–Kier alpha value is -1.51. The van der Waals surface area contributed by atoms with Gasteiger partial charge in [-0.15, -0.1) is 0 Å². The molecule has 17 heavy (non-hydrogen) atoms. The average Bonchev–Trinajstić information content (AvgIpc) is 2.30. The molecule has 2 atom stereocenters. The van der Waals surface area contributed by atoms with E-state index in [1.54, 1.807) is 0 Å². The number of ether oxygens (including phenoxy) is 1. The van der Waals surface area contributed by atoms with Gasteiger partial charge in [-0.3, -0.25) is 5.32 Å². The third kappa shape index (κ3) is 3.77. The monoisotopic (exact) mass is 233 g/mol. The Bertz CT molecular complexity index is 364. The minimum atomic E-state index is -0.338. The van der Waals surface area contributed by atoms with E-state index < -0.39 is 0 Å². The van der Waals surface area contributed by atoms with E-state index >= 15 is 0 Å². The zero-order chi connectivity index (χ0) is 12.1. The Kier molecular flexibility index (Phi) is 4.02. The van der Waals surface area contributed by atoms with Gasteiger partial charge in [-0.25, -0.2) is 4.79 Å². The van der Waals surface area contributed by atoms with Gasteiger partial charge < -0.3 is 4.74 Å². The highest BCUT2D eigenvalue weighted by atomic mass is 16.6. The molecule has 0 bridgehead atoms. The van der Waals surface area contributed by atoms with Crippen molar-refractivity contribution in [3.8, 4) is 0 Å². The molecule has 0 spiro atoms. The molecule has 1 fully saturated rings. The highest BCUT2D eigenvalue weighted by Crippen LogP contribution is 2.25. The highest BCUT2D eigenvalue weighted by molar-refractivity contribution is 5.84. The molecule has 3 heteroatoms. The zero-order valence-electron chi connectivity index (χ0n) is 10.2. The minimum Gasteiger partial charge on any atom is -0.446 e. The molecule has 0 unspecified atom stereocenters. The molecule has 1 amide bonds. The first kappa shape index (κ1) is 12.0. The van der Waals surface area contributed by atoms with Gasteiger partial charge in [0.1, 0.15) is 6.10 Å². The molecule has 2 rings (SSSR count). The molecule has 1 saturated carbocycles. The van der Waals surface area contributed by atoms with E-state index in [0.717, 1.165) is 24.9 Å². The van der Waals surface area contributed by atoms with Crippen LogP contribution in [0.15, 0.2) is 30.3 Å². The number of para-hydroxylation sites is 1. The lowest BCUT2D eigenvalue weighted by atomic mass is 9.89. The van der Waals surface area contributed by atoms with Gasteiger partial charge in [0, 0.05) is 5.69 Å². The molecule has 1 aromatic rings. The van der Waals surface area contributed by atoms with Gasteiger partial charge in [-0.1, -0.05) is 31.5 Å². The molecule has 0 saturated heterocycles. The summed E-state index contributed by atoms with van der Waals surface area (Å²) in [5.74, 6) is 0.665. The molecule has 0 heterocycles. The minimum absolute atomic E-state index is 0.0856. The van der Waals surface area contributed by atoms with E-state index in [0.29, 0.717) is 5.92 Å². The Balaban J connectivity index is 1.81. The molecule has 92 valence electrons. The number of rotatable bonds is 2. The Morgan fingerprint density at radius 2 is 2.06 bits per heavy atom. The number of carbonyl (C=O) groups is 1. The van der Waals surface area contributed by atoms with Crippen LogP contribution in [0.5, 0.6) is 0 Å². The fourth-order valence-electron chi connectivity index (χ4n) is 2.31. The lowest BCUT2D eigenvalue weighted by molar-refractivity contribution is 0.0724. The molecular formula is C14H19NO2. The molecule has 0 aromatic heterocycles. The molecule has 0 radical (unpaired) electrons. The van der Waals surface area contributed by atoms with Gasteiger partial charge in [-0.05, 0) is 37.3 Å². The second kappa shape index (κ2) is 5.71. The van der Waals surface area contributed by atoms with E-state index in [1.165, 1.54) is 6.42 Å². The SMILES string of the molecule is C[C@H]1CCC[C@@H](OC(=O)Nc2ccccc2)C1. The van der Waals surface area contributed by atoms with Gasteiger partial charge in [0.25, 0.3) is 0 Å². The quantitative estimate of drug-likeness (QED) is 0.843. The first-order chi connectivity index (χ1) is 8.24. The van der Waals surface area contributed by atoms with Crippen molar-refractivity contribution in [1.29, 1.82) is 0 Å². The van der Waals surface area contributed by atoms with Gasteiger partial charge in [0.2, 0.25) is 0 Å². The van der Waals surface area contributed by atoms with Crippen molar-refractivity contribution >= 4 is 11.8 Å².